The molecule has 0 bridgehead atoms. The second-order valence-corrected chi connectivity index (χ2v) is 5.49. The number of nitrogens with zero attached hydrogens (tertiary/aromatic N) is 4. The fourth-order valence-electron chi connectivity index (χ4n) is 1.51. The molecule has 0 unspecified atom stereocenters. The summed E-state index contributed by atoms with van der Waals surface area (Å²) in [5.41, 5.74) is 5.51. The summed E-state index contributed by atoms with van der Waals surface area (Å²) in [4.78, 5) is 24.9. The van der Waals surface area contributed by atoms with E-state index in [2.05, 4.69) is 15.5 Å². The molecule has 0 fully saturated rings. The predicted octanol–water partition coefficient (Wildman–Crippen LogP) is -0.649. The van der Waals surface area contributed by atoms with Crippen LogP contribution in [0.15, 0.2) is 5.16 Å². The van der Waals surface area contributed by atoms with E-state index in [0.717, 1.165) is 6.42 Å². The van der Waals surface area contributed by atoms with E-state index in [1.165, 1.54) is 16.7 Å². The average Bonchev–Trinajstić information content (AvgIpc) is 2.82. The van der Waals surface area contributed by atoms with Crippen molar-refractivity contribution < 1.29 is 9.59 Å². The van der Waals surface area contributed by atoms with Gasteiger partial charge in [0.2, 0.25) is 11.8 Å². The fraction of sp³-hybridized carbons (Fsp3) is 0.667. The zero-order valence-electron chi connectivity index (χ0n) is 12.6. The lowest BCUT2D eigenvalue weighted by Gasteiger charge is -2.16. The highest BCUT2D eigenvalue weighted by atomic mass is 32.2. The number of carbonyl (C=O) groups is 2. The smallest absolute Gasteiger partial charge is 0.239 e. The van der Waals surface area contributed by atoms with Gasteiger partial charge in [0.1, 0.15) is 5.82 Å². The van der Waals surface area contributed by atoms with Crippen LogP contribution in [-0.2, 0) is 23.2 Å². The Balaban J connectivity index is 2.42. The molecule has 118 valence electrons. The molecule has 1 rings (SSSR count). The largest absolute Gasteiger partial charge is 0.355 e. The molecule has 9 heteroatoms. The van der Waals surface area contributed by atoms with E-state index in [4.69, 9.17) is 5.73 Å². The monoisotopic (exact) mass is 314 g/mol. The van der Waals surface area contributed by atoms with Crippen LogP contribution in [0.4, 0.5) is 0 Å². The summed E-state index contributed by atoms with van der Waals surface area (Å²) in [5.74, 6) is 0.580. The van der Waals surface area contributed by atoms with E-state index in [9.17, 15) is 9.59 Å². The summed E-state index contributed by atoms with van der Waals surface area (Å²) in [6.45, 7) is 2.96. The maximum atomic E-state index is 12.0. The SMILES string of the molecule is CCCNC(=O)CN(C)C(=O)CSc1nnc(CN)n1C. The Bertz CT molecular complexity index is 490. The number of likely N-dealkylation sites (N-methyl/N-ethyl adjacent to an activating group) is 1. The summed E-state index contributed by atoms with van der Waals surface area (Å²) in [6, 6.07) is 0. The molecule has 1 aromatic rings. The molecule has 0 saturated heterocycles. The minimum absolute atomic E-state index is 0.0618. The number of carbonyl (C=O) groups excluding carboxylic acids is 2. The minimum Gasteiger partial charge on any atom is -0.355 e. The first kappa shape index (κ1) is 17.4. The Morgan fingerprint density at radius 1 is 1.43 bits per heavy atom. The van der Waals surface area contributed by atoms with Crippen LogP contribution in [0, 0.1) is 0 Å². The van der Waals surface area contributed by atoms with Crippen LogP contribution in [-0.4, -0.2) is 57.4 Å². The first-order valence-electron chi connectivity index (χ1n) is 6.71. The quantitative estimate of drug-likeness (QED) is 0.618. The number of amides is 2. The van der Waals surface area contributed by atoms with Gasteiger partial charge in [-0.05, 0) is 6.42 Å². The minimum atomic E-state index is -0.151. The van der Waals surface area contributed by atoms with Crippen molar-refractivity contribution in [2.24, 2.45) is 12.8 Å². The second-order valence-electron chi connectivity index (χ2n) is 4.55. The molecular formula is C12H22N6O2S. The van der Waals surface area contributed by atoms with Gasteiger partial charge in [0.15, 0.2) is 5.16 Å². The summed E-state index contributed by atoms with van der Waals surface area (Å²) < 4.78 is 1.76. The molecule has 0 radical (unpaired) electrons. The van der Waals surface area contributed by atoms with Crippen molar-refractivity contribution in [1.82, 2.24) is 25.0 Å². The van der Waals surface area contributed by atoms with Gasteiger partial charge in [0.05, 0.1) is 18.8 Å². The molecule has 2 amide bonds. The average molecular weight is 314 g/mol. The molecule has 1 heterocycles. The van der Waals surface area contributed by atoms with Crippen molar-refractivity contribution in [1.29, 1.82) is 0 Å². The van der Waals surface area contributed by atoms with Gasteiger partial charge in [-0.3, -0.25) is 9.59 Å². The highest BCUT2D eigenvalue weighted by Gasteiger charge is 2.15. The van der Waals surface area contributed by atoms with Gasteiger partial charge in [-0.15, -0.1) is 10.2 Å². The summed E-state index contributed by atoms with van der Waals surface area (Å²) in [6.07, 6.45) is 0.870. The Morgan fingerprint density at radius 2 is 2.14 bits per heavy atom. The van der Waals surface area contributed by atoms with Gasteiger partial charge in [0.25, 0.3) is 0 Å². The van der Waals surface area contributed by atoms with Gasteiger partial charge in [-0.25, -0.2) is 0 Å². The lowest BCUT2D eigenvalue weighted by molar-refractivity contribution is -0.132. The van der Waals surface area contributed by atoms with Crippen molar-refractivity contribution >= 4 is 23.6 Å². The highest BCUT2D eigenvalue weighted by Crippen LogP contribution is 2.15. The molecule has 0 aliphatic carbocycles. The van der Waals surface area contributed by atoms with E-state index in [0.29, 0.717) is 24.1 Å². The number of rotatable bonds is 8. The third-order valence-corrected chi connectivity index (χ3v) is 3.82. The normalized spacial score (nSPS) is 10.5. The van der Waals surface area contributed by atoms with Crippen LogP contribution < -0.4 is 11.1 Å². The van der Waals surface area contributed by atoms with E-state index in [-0.39, 0.29) is 24.1 Å². The molecule has 0 saturated carbocycles. The van der Waals surface area contributed by atoms with Crippen molar-refractivity contribution in [2.75, 3.05) is 25.9 Å². The van der Waals surface area contributed by atoms with Crippen LogP contribution in [0.5, 0.6) is 0 Å². The predicted molar refractivity (Wildman–Crippen MR) is 80.6 cm³/mol. The summed E-state index contributed by atoms with van der Waals surface area (Å²) >= 11 is 1.28. The number of hydrogen-bond donors (Lipinski definition) is 2. The lowest BCUT2D eigenvalue weighted by Crippen LogP contribution is -2.39. The summed E-state index contributed by atoms with van der Waals surface area (Å²) in [5, 5.41) is 11.2. The van der Waals surface area contributed by atoms with E-state index >= 15 is 0 Å². The van der Waals surface area contributed by atoms with Crippen molar-refractivity contribution in [2.45, 2.75) is 25.0 Å². The molecule has 0 spiro atoms. The lowest BCUT2D eigenvalue weighted by atomic mass is 10.4. The van der Waals surface area contributed by atoms with Crippen LogP contribution in [0.3, 0.4) is 0 Å². The third-order valence-electron chi connectivity index (χ3n) is 2.81. The number of nitrogens with one attached hydrogen (secondary N) is 1. The van der Waals surface area contributed by atoms with Gasteiger partial charge >= 0.3 is 0 Å². The molecule has 0 atom stereocenters. The number of hydrogen-bond acceptors (Lipinski definition) is 6. The number of aromatic nitrogens is 3. The van der Waals surface area contributed by atoms with Gasteiger partial charge < -0.3 is 20.5 Å². The molecular weight excluding hydrogens is 292 g/mol. The van der Waals surface area contributed by atoms with Crippen LogP contribution in [0.25, 0.3) is 0 Å². The molecule has 0 aliphatic heterocycles. The Kier molecular flexibility index (Phi) is 7.17. The zero-order chi connectivity index (χ0) is 15.8. The molecule has 0 aromatic carbocycles. The number of nitrogens with two attached hydrogens (primary N) is 1. The van der Waals surface area contributed by atoms with Gasteiger partial charge in [0, 0.05) is 20.6 Å². The van der Waals surface area contributed by atoms with E-state index in [1.54, 1.807) is 18.7 Å². The van der Waals surface area contributed by atoms with E-state index < -0.39 is 0 Å². The third kappa shape index (κ3) is 5.35. The maximum absolute atomic E-state index is 12.0. The molecule has 3 N–H and O–H groups in total. The first-order chi connectivity index (χ1) is 9.99. The van der Waals surface area contributed by atoms with Crippen molar-refractivity contribution in [3.8, 4) is 0 Å². The second kappa shape index (κ2) is 8.63. The summed E-state index contributed by atoms with van der Waals surface area (Å²) in [7, 11) is 3.41. The van der Waals surface area contributed by atoms with Gasteiger partial charge in [-0.1, -0.05) is 18.7 Å². The van der Waals surface area contributed by atoms with Crippen molar-refractivity contribution in [3.63, 3.8) is 0 Å². The Hall–Kier alpha value is -1.61. The molecule has 21 heavy (non-hydrogen) atoms. The molecule has 1 aromatic heterocycles. The van der Waals surface area contributed by atoms with Crippen molar-refractivity contribution in [3.05, 3.63) is 5.82 Å². The first-order valence-corrected chi connectivity index (χ1v) is 7.69. The topological polar surface area (TPSA) is 106 Å². The number of thioether (sulfide) groups is 1. The molecule has 8 nitrogen and oxygen atoms in total. The molecule has 0 aliphatic rings. The Morgan fingerprint density at radius 3 is 2.71 bits per heavy atom. The Labute approximate surface area is 128 Å². The standard InChI is InChI=1S/C12H22N6O2S/c1-4-5-14-10(19)7-17(2)11(20)8-21-12-16-15-9(6-13)18(12)3/h4-8,13H2,1-3H3,(H,14,19). The maximum Gasteiger partial charge on any atom is 0.239 e. The zero-order valence-corrected chi connectivity index (χ0v) is 13.4. The van der Waals surface area contributed by atoms with Crippen LogP contribution in [0.1, 0.15) is 19.2 Å². The highest BCUT2D eigenvalue weighted by molar-refractivity contribution is 7.99. The van der Waals surface area contributed by atoms with Crippen LogP contribution >= 0.6 is 11.8 Å². The van der Waals surface area contributed by atoms with Crippen LogP contribution in [0.2, 0.25) is 0 Å². The fourth-order valence-corrected chi connectivity index (χ4v) is 2.38. The van der Waals surface area contributed by atoms with Gasteiger partial charge in [-0.2, -0.15) is 0 Å². The van der Waals surface area contributed by atoms with E-state index in [1.807, 2.05) is 6.92 Å².